The molecular weight excluding hydrogens is 342 g/mol. The number of thiocarbonyl (C=S) groups is 1. The smallest absolute Gasteiger partial charge is 0.270 e. The first-order chi connectivity index (χ1) is 11.6. The van der Waals surface area contributed by atoms with E-state index in [-0.39, 0.29) is 5.91 Å². The molecule has 2 heterocycles. The lowest BCUT2D eigenvalue weighted by Crippen LogP contribution is -2.27. The molecule has 0 radical (unpaired) electrons. The fourth-order valence-corrected chi connectivity index (χ4v) is 3.62. The number of amides is 1. The van der Waals surface area contributed by atoms with Crippen LogP contribution < -0.4 is 9.64 Å². The number of carbonyl (C=O) groups excluding carboxylic acids is 1. The monoisotopic (exact) mass is 357 g/mol. The van der Waals surface area contributed by atoms with Crippen LogP contribution in [0.2, 0.25) is 0 Å². The summed E-state index contributed by atoms with van der Waals surface area (Å²) in [5, 5.41) is 0. The van der Waals surface area contributed by atoms with Gasteiger partial charge in [-0.2, -0.15) is 0 Å². The molecule has 0 N–H and O–H groups in total. The minimum atomic E-state index is -0.123. The first-order valence-corrected chi connectivity index (χ1v) is 8.45. The van der Waals surface area contributed by atoms with E-state index in [9.17, 15) is 4.79 Å². The van der Waals surface area contributed by atoms with Crippen molar-refractivity contribution in [2.24, 2.45) is 0 Å². The predicted octanol–water partition coefficient (Wildman–Crippen LogP) is 4.64. The highest BCUT2D eigenvalue weighted by atomic mass is 32.2. The lowest BCUT2D eigenvalue weighted by atomic mass is 10.2. The van der Waals surface area contributed by atoms with Gasteiger partial charge in [-0.05, 0) is 61.0 Å². The van der Waals surface area contributed by atoms with Crippen molar-refractivity contribution in [3.63, 3.8) is 0 Å². The number of hydrogen-bond acceptors (Lipinski definition) is 5. The van der Waals surface area contributed by atoms with Gasteiger partial charge in [-0.25, -0.2) is 0 Å². The molecule has 1 aromatic carbocycles. The van der Waals surface area contributed by atoms with Crippen LogP contribution in [0.1, 0.15) is 12.7 Å². The van der Waals surface area contributed by atoms with Crippen molar-refractivity contribution < 1.29 is 13.9 Å². The van der Waals surface area contributed by atoms with Crippen LogP contribution in [-0.2, 0) is 4.79 Å². The Labute approximate surface area is 149 Å². The van der Waals surface area contributed by atoms with Gasteiger partial charge in [0, 0.05) is 0 Å². The van der Waals surface area contributed by atoms with Gasteiger partial charge in [0.05, 0.1) is 24.0 Å². The first kappa shape index (κ1) is 16.5. The molecule has 24 heavy (non-hydrogen) atoms. The molecule has 4 nitrogen and oxygen atoms in total. The summed E-state index contributed by atoms with van der Waals surface area (Å²) in [5.41, 5.74) is 1.65. The first-order valence-electron chi connectivity index (χ1n) is 7.22. The molecule has 0 unspecified atom stereocenters. The average molecular weight is 357 g/mol. The topological polar surface area (TPSA) is 42.7 Å². The third-order valence-electron chi connectivity index (χ3n) is 3.40. The van der Waals surface area contributed by atoms with Gasteiger partial charge in [0.2, 0.25) is 0 Å². The predicted molar refractivity (Wildman–Crippen MR) is 101 cm³/mol. The minimum absolute atomic E-state index is 0.123. The summed E-state index contributed by atoms with van der Waals surface area (Å²) in [6, 6.07) is 10.9. The van der Waals surface area contributed by atoms with Crippen LogP contribution in [0.15, 0.2) is 63.6 Å². The van der Waals surface area contributed by atoms with Crippen molar-refractivity contribution in [1.29, 1.82) is 0 Å². The molecule has 0 saturated carbocycles. The van der Waals surface area contributed by atoms with Crippen molar-refractivity contribution in [3.8, 4) is 5.75 Å². The van der Waals surface area contributed by atoms with Gasteiger partial charge in [0.25, 0.3) is 5.91 Å². The number of hydrogen-bond donors (Lipinski definition) is 0. The van der Waals surface area contributed by atoms with Crippen molar-refractivity contribution in [3.05, 3.63) is 65.0 Å². The lowest BCUT2D eigenvalue weighted by Gasteiger charge is -2.14. The van der Waals surface area contributed by atoms with Crippen LogP contribution in [-0.4, -0.2) is 17.3 Å². The summed E-state index contributed by atoms with van der Waals surface area (Å²) in [7, 11) is 1.60. The second-order valence-electron chi connectivity index (χ2n) is 5.12. The van der Waals surface area contributed by atoms with Crippen LogP contribution >= 0.6 is 24.0 Å². The Balaban J connectivity index is 1.84. The van der Waals surface area contributed by atoms with E-state index in [1.54, 1.807) is 25.5 Å². The van der Waals surface area contributed by atoms with E-state index in [4.69, 9.17) is 21.4 Å². The zero-order chi connectivity index (χ0) is 17.1. The van der Waals surface area contributed by atoms with Gasteiger partial charge in [0.1, 0.15) is 11.5 Å². The Hall–Kier alpha value is -2.31. The summed E-state index contributed by atoms with van der Waals surface area (Å²) >= 11 is 6.66. The zero-order valence-electron chi connectivity index (χ0n) is 13.2. The fraction of sp³-hybridized carbons (Fsp3) is 0.111. The van der Waals surface area contributed by atoms with Gasteiger partial charge >= 0.3 is 0 Å². The average Bonchev–Trinajstić information content (AvgIpc) is 3.16. The molecule has 1 saturated heterocycles. The number of methoxy groups -OCH3 is 1. The quantitative estimate of drug-likeness (QED) is 0.589. The molecule has 0 bridgehead atoms. The highest BCUT2D eigenvalue weighted by molar-refractivity contribution is 8.27. The van der Waals surface area contributed by atoms with Gasteiger partial charge in [-0.1, -0.05) is 24.0 Å². The normalized spacial score (nSPS) is 17.0. The maximum absolute atomic E-state index is 12.7. The zero-order valence-corrected chi connectivity index (χ0v) is 14.8. The standard InChI is InChI=1S/C18H15NO3S2/c1-12(10-15-4-3-9-22-15)11-16-17(20)19(18(23)24-16)13-5-7-14(21-2)8-6-13/h3-11H,1-2H3/b12-10-,16-11-. The number of thioether (sulfide) groups is 1. The molecule has 0 aliphatic carbocycles. The summed E-state index contributed by atoms with van der Waals surface area (Å²) in [6.07, 6.45) is 5.31. The number of rotatable bonds is 4. The van der Waals surface area contributed by atoms with Crippen LogP contribution in [0.4, 0.5) is 5.69 Å². The Morgan fingerprint density at radius 3 is 2.67 bits per heavy atom. The number of carbonyl (C=O) groups is 1. The number of anilines is 1. The number of benzene rings is 1. The van der Waals surface area contributed by atoms with Crippen LogP contribution in [0.5, 0.6) is 5.75 Å². The highest BCUT2D eigenvalue weighted by Gasteiger charge is 2.33. The van der Waals surface area contributed by atoms with E-state index in [0.717, 1.165) is 22.8 Å². The number of allylic oxidation sites excluding steroid dienone is 2. The van der Waals surface area contributed by atoms with E-state index in [1.807, 2.05) is 43.3 Å². The molecule has 1 amide bonds. The molecule has 1 aliphatic rings. The largest absolute Gasteiger partial charge is 0.497 e. The van der Waals surface area contributed by atoms with E-state index in [2.05, 4.69) is 0 Å². The summed E-state index contributed by atoms with van der Waals surface area (Å²) < 4.78 is 10.9. The van der Waals surface area contributed by atoms with Crippen LogP contribution in [0.3, 0.4) is 0 Å². The Bertz CT molecular complexity index is 820. The maximum atomic E-state index is 12.7. The Kier molecular flexibility index (Phi) is 4.87. The number of nitrogens with zero attached hydrogens (tertiary/aromatic N) is 1. The molecule has 1 aromatic heterocycles. The third kappa shape index (κ3) is 3.44. The van der Waals surface area contributed by atoms with Crippen molar-refractivity contribution >= 4 is 46.0 Å². The van der Waals surface area contributed by atoms with E-state index in [1.165, 1.54) is 16.7 Å². The highest BCUT2D eigenvalue weighted by Crippen LogP contribution is 2.36. The minimum Gasteiger partial charge on any atom is -0.497 e. The maximum Gasteiger partial charge on any atom is 0.270 e. The van der Waals surface area contributed by atoms with Crippen molar-refractivity contribution in [1.82, 2.24) is 0 Å². The number of ether oxygens (including phenoxy) is 1. The van der Waals surface area contributed by atoms with Gasteiger partial charge < -0.3 is 9.15 Å². The third-order valence-corrected chi connectivity index (χ3v) is 4.70. The Morgan fingerprint density at radius 2 is 2.04 bits per heavy atom. The van der Waals surface area contributed by atoms with Gasteiger partial charge in [-0.15, -0.1) is 0 Å². The van der Waals surface area contributed by atoms with Gasteiger partial charge in [-0.3, -0.25) is 9.69 Å². The SMILES string of the molecule is COc1ccc(N2C(=O)/C(=C/C(C)=C\c3ccco3)SC2=S)cc1. The summed E-state index contributed by atoms with van der Waals surface area (Å²) in [4.78, 5) is 14.8. The summed E-state index contributed by atoms with van der Waals surface area (Å²) in [6.45, 7) is 1.92. The molecule has 1 aliphatic heterocycles. The van der Waals surface area contributed by atoms with E-state index >= 15 is 0 Å². The van der Waals surface area contributed by atoms with Crippen LogP contribution in [0, 0.1) is 0 Å². The second-order valence-corrected chi connectivity index (χ2v) is 6.79. The molecule has 1 fully saturated rings. The molecule has 6 heteroatoms. The molecule has 3 rings (SSSR count). The molecule has 122 valence electrons. The van der Waals surface area contributed by atoms with E-state index in [0.29, 0.717) is 9.23 Å². The second kappa shape index (κ2) is 7.07. The van der Waals surface area contributed by atoms with Crippen LogP contribution in [0.25, 0.3) is 6.08 Å². The molecule has 2 aromatic rings. The van der Waals surface area contributed by atoms with Crippen molar-refractivity contribution in [2.75, 3.05) is 12.0 Å². The number of furan rings is 1. The van der Waals surface area contributed by atoms with Crippen molar-refractivity contribution in [2.45, 2.75) is 6.92 Å². The molecule has 0 spiro atoms. The van der Waals surface area contributed by atoms with E-state index < -0.39 is 0 Å². The molecular formula is C18H15NO3S2. The van der Waals surface area contributed by atoms with Gasteiger partial charge in [0.15, 0.2) is 4.32 Å². The Morgan fingerprint density at radius 1 is 1.29 bits per heavy atom. The summed E-state index contributed by atoms with van der Waals surface area (Å²) in [5.74, 6) is 1.36. The fourth-order valence-electron chi connectivity index (χ4n) is 2.27. The lowest BCUT2D eigenvalue weighted by molar-refractivity contribution is -0.113. The molecule has 0 atom stereocenters.